The molecule has 148 valence electrons. The zero-order valence-corrected chi connectivity index (χ0v) is 16.4. The van der Waals surface area contributed by atoms with Gasteiger partial charge in [-0.25, -0.2) is 13.8 Å². The highest BCUT2D eigenvalue weighted by Crippen LogP contribution is 2.28. The van der Waals surface area contributed by atoms with E-state index in [1.165, 1.54) is 11.1 Å². The van der Waals surface area contributed by atoms with Gasteiger partial charge in [-0.05, 0) is 60.6 Å². The van der Waals surface area contributed by atoms with Gasteiger partial charge in [-0.15, -0.1) is 0 Å². The first-order valence-electron chi connectivity index (χ1n) is 10.2. The molecule has 0 amide bonds. The minimum Gasteiger partial charge on any atom is -0.251 e. The molecule has 2 aromatic carbocycles. The Kier molecular flexibility index (Phi) is 4.83. The van der Waals surface area contributed by atoms with Gasteiger partial charge in [0.05, 0.1) is 5.69 Å². The van der Waals surface area contributed by atoms with Crippen molar-refractivity contribution < 1.29 is 8.78 Å². The molecule has 2 aromatic heterocycles. The lowest BCUT2D eigenvalue weighted by molar-refractivity contribution is 0.578. The first kappa shape index (κ1) is 18.6. The second-order valence-corrected chi connectivity index (χ2v) is 7.68. The second kappa shape index (κ2) is 7.79. The summed E-state index contributed by atoms with van der Waals surface area (Å²) in [5, 5.41) is 0. The lowest BCUT2D eigenvalue weighted by atomic mass is 9.98. The minimum absolute atomic E-state index is 0.0766. The highest BCUT2D eigenvalue weighted by Gasteiger charge is 2.17. The van der Waals surface area contributed by atoms with Crippen LogP contribution in [0.15, 0.2) is 72.8 Å². The van der Waals surface area contributed by atoms with E-state index in [0.717, 1.165) is 43.0 Å². The molecule has 0 radical (unpaired) electrons. The maximum atomic E-state index is 14.6. The molecule has 0 N–H and O–H groups in total. The molecule has 2 nitrogen and oxygen atoms in total. The van der Waals surface area contributed by atoms with Gasteiger partial charge in [-0.3, -0.25) is 4.98 Å². The fraction of sp³-hybridized carbons (Fsp3) is 0.154. The van der Waals surface area contributed by atoms with Crippen LogP contribution in [0.3, 0.4) is 0 Å². The summed E-state index contributed by atoms with van der Waals surface area (Å²) < 4.78 is 29.3. The van der Waals surface area contributed by atoms with Crippen LogP contribution in [0.4, 0.5) is 8.78 Å². The molecule has 4 heteroatoms. The van der Waals surface area contributed by atoms with Crippen molar-refractivity contribution in [2.24, 2.45) is 0 Å². The van der Waals surface area contributed by atoms with Crippen molar-refractivity contribution >= 4 is 0 Å². The Bertz CT molecular complexity index is 1150. The Hall–Kier alpha value is -3.40. The molecule has 0 aliphatic carbocycles. The number of rotatable bonds is 0. The smallest absolute Gasteiger partial charge is 0.154 e. The summed E-state index contributed by atoms with van der Waals surface area (Å²) in [6, 6.07) is 22.7. The molecule has 0 saturated heterocycles. The van der Waals surface area contributed by atoms with Crippen molar-refractivity contribution in [2.75, 3.05) is 0 Å². The maximum Gasteiger partial charge on any atom is 0.154 e. The van der Waals surface area contributed by atoms with Gasteiger partial charge in [-0.1, -0.05) is 48.5 Å². The summed E-state index contributed by atoms with van der Waals surface area (Å²) in [5.74, 6) is -1.37. The predicted octanol–water partition coefficient (Wildman–Crippen LogP) is 5.97. The lowest BCUT2D eigenvalue weighted by Crippen LogP contribution is -2.02. The Morgan fingerprint density at radius 1 is 0.567 bits per heavy atom. The molecular weight excluding hydrogens is 378 g/mol. The number of aromatic nitrogens is 2. The molecule has 1 aliphatic rings. The summed E-state index contributed by atoms with van der Waals surface area (Å²) in [6.45, 7) is 0. The van der Waals surface area contributed by atoms with Crippen LogP contribution in [0, 0.1) is 11.6 Å². The average molecular weight is 398 g/mol. The van der Waals surface area contributed by atoms with Crippen molar-refractivity contribution in [1.29, 1.82) is 0 Å². The van der Waals surface area contributed by atoms with Crippen LogP contribution in [-0.2, 0) is 25.7 Å². The van der Waals surface area contributed by atoms with Crippen molar-refractivity contribution in [1.82, 2.24) is 9.97 Å². The van der Waals surface area contributed by atoms with Crippen LogP contribution in [0.2, 0.25) is 0 Å². The first-order valence-corrected chi connectivity index (χ1v) is 10.2. The van der Waals surface area contributed by atoms with Gasteiger partial charge in [0, 0.05) is 17.3 Å². The molecular formula is C26H20F2N2. The number of nitrogens with zero attached hydrogens (tertiary/aromatic N) is 2. The fourth-order valence-electron chi connectivity index (χ4n) is 3.98. The summed E-state index contributed by atoms with van der Waals surface area (Å²) >= 11 is 0. The van der Waals surface area contributed by atoms with E-state index in [1.807, 2.05) is 36.4 Å². The van der Waals surface area contributed by atoms with Crippen molar-refractivity contribution in [3.05, 3.63) is 107 Å². The minimum atomic E-state index is -0.703. The Balaban J connectivity index is 1.68. The summed E-state index contributed by atoms with van der Waals surface area (Å²) in [6.07, 6.45) is 3.33. The Labute approximate surface area is 174 Å². The largest absolute Gasteiger partial charge is 0.251 e. The number of halogens is 2. The van der Waals surface area contributed by atoms with Crippen molar-refractivity contribution in [3.63, 3.8) is 0 Å². The fourth-order valence-corrected chi connectivity index (χ4v) is 3.98. The van der Waals surface area contributed by atoms with Gasteiger partial charge in [0.15, 0.2) is 11.6 Å². The van der Waals surface area contributed by atoms with E-state index in [9.17, 15) is 8.78 Å². The SMILES string of the molecule is Fc1cc(F)c2nc1-c1cccc(c1)CCc1cccc(c1)CCc1cccc-2n1. The zero-order chi connectivity index (χ0) is 20.5. The number of fused-ring (bicyclic) bond motifs is 10. The van der Waals surface area contributed by atoms with E-state index in [0.29, 0.717) is 11.3 Å². The van der Waals surface area contributed by atoms with E-state index < -0.39 is 11.6 Å². The van der Waals surface area contributed by atoms with Gasteiger partial charge >= 0.3 is 0 Å². The van der Waals surface area contributed by atoms with E-state index in [-0.39, 0.29) is 11.4 Å². The highest BCUT2D eigenvalue weighted by atomic mass is 19.1. The number of benzene rings is 2. The Morgan fingerprint density at radius 2 is 1.20 bits per heavy atom. The monoisotopic (exact) mass is 398 g/mol. The third kappa shape index (κ3) is 3.73. The van der Waals surface area contributed by atoms with Crippen LogP contribution in [0.25, 0.3) is 22.6 Å². The van der Waals surface area contributed by atoms with E-state index in [2.05, 4.69) is 34.2 Å². The van der Waals surface area contributed by atoms with Crippen LogP contribution in [0.5, 0.6) is 0 Å². The molecule has 1 aliphatic heterocycles. The van der Waals surface area contributed by atoms with E-state index >= 15 is 0 Å². The quantitative estimate of drug-likeness (QED) is 0.365. The molecule has 0 unspecified atom stereocenters. The normalized spacial score (nSPS) is 13.1. The van der Waals surface area contributed by atoms with Crippen LogP contribution in [0.1, 0.15) is 22.4 Å². The number of hydrogen-bond donors (Lipinski definition) is 0. The van der Waals surface area contributed by atoms with Crippen LogP contribution >= 0.6 is 0 Å². The van der Waals surface area contributed by atoms with Crippen LogP contribution in [-0.4, -0.2) is 9.97 Å². The van der Waals surface area contributed by atoms with Gasteiger partial charge in [0.1, 0.15) is 11.4 Å². The average Bonchev–Trinajstić information content (AvgIpc) is 2.77. The zero-order valence-electron chi connectivity index (χ0n) is 16.4. The molecule has 0 saturated carbocycles. The molecule has 30 heavy (non-hydrogen) atoms. The number of pyridine rings is 2. The number of hydrogen-bond acceptors (Lipinski definition) is 2. The summed E-state index contributed by atoms with van der Waals surface area (Å²) in [4.78, 5) is 8.97. The van der Waals surface area contributed by atoms with Crippen LogP contribution < -0.4 is 0 Å². The Morgan fingerprint density at radius 3 is 2.00 bits per heavy atom. The van der Waals surface area contributed by atoms with Gasteiger partial charge < -0.3 is 0 Å². The van der Waals surface area contributed by atoms with E-state index in [1.54, 1.807) is 6.07 Å². The maximum absolute atomic E-state index is 14.6. The second-order valence-electron chi connectivity index (χ2n) is 7.68. The third-order valence-electron chi connectivity index (χ3n) is 5.54. The summed E-state index contributed by atoms with van der Waals surface area (Å²) in [5.41, 5.74) is 5.78. The van der Waals surface area contributed by atoms with Gasteiger partial charge in [0.25, 0.3) is 0 Å². The van der Waals surface area contributed by atoms with E-state index in [4.69, 9.17) is 0 Å². The molecule has 4 aromatic rings. The van der Waals surface area contributed by atoms with Crippen molar-refractivity contribution in [3.8, 4) is 22.6 Å². The topological polar surface area (TPSA) is 25.8 Å². The van der Waals surface area contributed by atoms with Gasteiger partial charge in [0.2, 0.25) is 0 Å². The van der Waals surface area contributed by atoms with Gasteiger partial charge in [-0.2, -0.15) is 0 Å². The molecule has 0 atom stereocenters. The number of aryl methyl sites for hydroxylation is 4. The molecule has 0 spiro atoms. The third-order valence-corrected chi connectivity index (χ3v) is 5.54. The molecule has 3 heterocycles. The summed E-state index contributed by atoms with van der Waals surface area (Å²) in [7, 11) is 0. The highest BCUT2D eigenvalue weighted by molar-refractivity contribution is 5.66. The molecule has 8 bridgehead atoms. The standard InChI is InChI=1S/C26H20F2N2/c27-22-16-23(28)26-24-9-3-8-21(29-24)13-12-18-5-1-4-17(14-18)10-11-19-6-2-7-20(15-19)25(22)30-26/h1-9,14-16H,10-13H2. The first-order chi connectivity index (χ1) is 14.7. The molecule has 5 rings (SSSR count). The molecule has 0 fully saturated rings. The van der Waals surface area contributed by atoms with Crippen molar-refractivity contribution in [2.45, 2.75) is 25.7 Å². The lowest BCUT2D eigenvalue weighted by Gasteiger charge is -2.11. The predicted molar refractivity (Wildman–Crippen MR) is 114 cm³/mol.